The molecule has 140 valence electrons. The van der Waals surface area contributed by atoms with Gasteiger partial charge in [-0.1, -0.05) is 46.6 Å². The van der Waals surface area contributed by atoms with Crippen molar-refractivity contribution in [3.05, 3.63) is 63.3 Å². The molecule has 0 bridgehead atoms. The second-order valence-electron chi connectivity index (χ2n) is 5.41. The van der Waals surface area contributed by atoms with E-state index in [9.17, 15) is 17.6 Å². The van der Waals surface area contributed by atoms with E-state index in [0.717, 1.165) is 4.31 Å². The quantitative estimate of drug-likeness (QED) is 0.683. The fourth-order valence-electron chi connectivity index (χ4n) is 2.21. The number of nitrogens with zero attached hydrogens (tertiary/aromatic N) is 1. The summed E-state index contributed by atoms with van der Waals surface area (Å²) in [4.78, 5) is 12.1. The number of rotatable bonds is 7. The molecule has 26 heavy (non-hydrogen) atoms. The van der Waals surface area contributed by atoms with Crippen LogP contribution in [-0.4, -0.2) is 31.7 Å². The van der Waals surface area contributed by atoms with Crippen molar-refractivity contribution in [3.8, 4) is 0 Å². The van der Waals surface area contributed by atoms with Gasteiger partial charge in [0, 0.05) is 17.6 Å². The van der Waals surface area contributed by atoms with Crippen molar-refractivity contribution in [2.24, 2.45) is 0 Å². The molecule has 1 amide bonds. The van der Waals surface area contributed by atoms with Crippen molar-refractivity contribution < 1.29 is 17.6 Å². The van der Waals surface area contributed by atoms with E-state index in [0.29, 0.717) is 10.0 Å². The van der Waals surface area contributed by atoms with E-state index in [1.54, 1.807) is 25.1 Å². The monoisotopic (exact) mass is 462 g/mol. The Bertz CT molecular complexity index is 891. The molecule has 0 saturated heterocycles. The van der Waals surface area contributed by atoms with Crippen LogP contribution < -0.4 is 5.32 Å². The number of carbonyl (C=O) groups is 1. The minimum Gasteiger partial charge on any atom is -0.351 e. The Morgan fingerprint density at radius 2 is 1.88 bits per heavy atom. The summed E-state index contributed by atoms with van der Waals surface area (Å²) in [6.07, 6.45) is 0. The van der Waals surface area contributed by atoms with Crippen LogP contribution in [0.1, 0.15) is 12.5 Å². The average Bonchev–Trinajstić information content (AvgIpc) is 2.58. The molecule has 0 unspecified atom stereocenters. The van der Waals surface area contributed by atoms with Crippen molar-refractivity contribution in [2.45, 2.75) is 18.4 Å². The predicted molar refractivity (Wildman–Crippen MR) is 102 cm³/mol. The van der Waals surface area contributed by atoms with Gasteiger partial charge in [0.2, 0.25) is 15.9 Å². The van der Waals surface area contributed by atoms with Crippen LogP contribution in [0.4, 0.5) is 4.39 Å². The topological polar surface area (TPSA) is 66.5 Å². The number of hydrogen-bond donors (Lipinski definition) is 1. The summed E-state index contributed by atoms with van der Waals surface area (Å²) in [6, 6.07) is 10.1. The van der Waals surface area contributed by atoms with Gasteiger partial charge in [-0.2, -0.15) is 4.31 Å². The molecule has 2 aromatic carbocycles. The summed E-state index contributed by atoms with van der Waals surface area (Å²) in [6.45, 7) is 1.58. The smallest absolute Gasteiger partial charge is 0.245 e. The highest BCUT2D eigenvalue weighted by atomic mass is 79.9. The maximum Gasteiger partial charge on any atom is 0.245 e. The van der Waals surface area contributed by atoms with Crippen molar-refractivity contribution in [2.75, 3.05) is 13.1 Å². The lowest BCUT2D eigenvalue weighted by molar-refractivity contribution is -0.121. The molecule has 0 fully saturated rings. The first-order valence-electron chi connectivity index (χ1n) is 7.70. The number of likely N-dealkylation sites (N-methyl/N-ethyl adjacent to an activating group) is 1. The fourth-order valence-corrected chi connectivity index (χ4v) is 4.63. The lowest BCUT2D eigenvalue weighted by Gasteiger charge is -2.20. The van der Waals surface area contributed by atoms with Crippen LogP contribution >= 0.6 is 27.5 Å². The molecule has 0 aromatic heterocycles. The minimum absolute atomic E-state index is 0.0597. The van der Waals surface area contributed by atoms with E-state index < -0.39 is 15.9 Å². The zero-order valence-electron chi connectivity index (χ0n) is 13.9. The van der Waals surface area contributed by atoms with Gasteiger partial charge in [-0.3, -0.25) is 4.79 Å². The molecule has 2 aromatic rings. The zero-order chi connectivity index (χ0) is 19.3. The first kappa shape index (κ1) is 20.8. The van der Waals surface area contributed by atoms with Gasteiger partial charge >= 0.3 is 0 Å². The van der Waals surface area contributed by atoms with Crippen LogP contribution in [0.3, 0.4) is 0 Å². The summed E-state index contributed by atoms with van der Waals surface area (Å²) in [5.74, 6) is -0.831. The first-order valence-corrected chi connectivity index (χ1v) is 10.3. The third-order valence-electron chi connectivity index (χ3n) is 3.59. The molecule has 0 aliphatic rings. The van der Waals surface area contributed by atoms with Crippen LogP contribution in [0.2, 0.25) is 5.02 Å². The summed E-state index contributed by atoms with van der Waals surface area (Å²) in [5, 5.41) is 2.70. The molecule has 5 nitrogen and oxygen atoms in total. The van der Waals surface area contributed by atoms with Crippen molar-refractivity contribution in [1.82, 2.24) is 9.62 Å². The van der Waals surface area contributed by atoms with Crippen LogP contribution in [0.25, 0.3) is 0 Å². The molecular formula is C17H17BrClFN2O3S. The third-order valence-corrected chi connectivity index (χ3v) is 6.48. The van der Waals surface area contributed by atoms with Crippen LogP contribution in [-0.2, 0) is 21.4 Å². The van der Waals surface area contributed by atoms with Crippen molar-refractivity contribution in [3.63, 3.8) is 0 Å². The van der Waals surface area contributed by atoms with E-state index in [2.05, 4.69) is 21.2 Å². The number of benzene rings is 2. The lowest BCUT2D eigenvalue weighted by atomic mass is 10.2. The average molecular weight is 464 g/mol. The number of nitrogens with one attached hydrogen (secondary N) is 1. The van der Waals surface area contributed by atoms with Gasteiger partial charge in [0.25, 0.3) is 0 Å². The summed E-state index contributed by atoms with van der Waals surface area (Å²) >= 11 is 9.26. The lowest BCUT2D eigenvalue weighted by Crippen LogP contribution is -2.40. The Morgan fingerprint density at radius 3 is 2.46 bits per heavy atom. The van der Waals surface area contributed by atoms with Gasteiger partial charge in [-0.15, -0.1) is 0 Å². The van der Waals surface area contributed by atoms with E-state index in [1.807, 2.05) is 0 Å². The molecule has 0 atom stereocenters. The van der Waals surface area contributed by atoms with Gasteiger partial charge in [-0.05, 0) is 35.9 Å². The molecule has 9 heteroatoms. The predicted octanol–water partition coefficient (Wildman–Crippen LogP) is 3.57. The van der Waals surface area contributed by atoms with Gasteiger partial charge in [0.1, 0.15) is 10.7 Å². The Balaban J connectivity index is 2.07. The van der Waals surface area contributed by atoms with Crippen LogP contribution in [0, 0.1) is 5.82 Å². The Morgan fingerprint density at radius 1 is 1.23 bits per heavy atom. The fraction of sp³-hybridized carbons (Fsp3) is 0.235. The van der Waals surface area contributed by atoms with Gasteiger partial charge in [-0.25, -0.2) is 12.8 Å². The highest BCUT2D eigenvalue weighted by molar-refractivity contribution is 9.10. The Hall–Kier alpha value is -1.48. The number of carbonyl (C=O) groups excluding carboxylic acids is 1. The first-order chi connectivity index (χ1) is 12.2. The van der Waals surface area contributed by atoms with Crippen molar-refractivity contribution in [1.29, 1.82) is 0 Å². The van der Waals surface area contributed by atoms with Crippen molar-refractivity contribution >= 4 is 43.5 Å². The van der Waals surface area contributed by atoms with Crippen LogP contribution in [0.5, 0.6) is 0 Å². The van der Waals surface area contributed by atoms with Gasteiger partial charge < -0.3 is 5.32 Å². The Kier molecular flexibility index (Phi) is 7.16. The SMILES string of the molecule is CCN(CC(=O)NCc1ccc(F)cc1)S(=O)(=O)c1ccc(Br)cc1Cl. The largest absolute Gasteiger partial charge is 0.351 e. The van der Waals surface area contributed by atoms with Gasteiger partial charge in [0.05, 0.1) is 11.6 Å². The highest BCUT2D eigenvalue weighted by Gasteiger charge is 2.27. The van der Waals surface area contributed by atoms with E-state index >= 15 is 0 Å². The summed E-state index contributed by atoms with van der Waals surface area (Å²) in [5.41, 5.74) is 0.710. The van der Waals surface area contributed by atoms with Crippen LogP contribution in [0.15, 0.2) is 51.8 Å². The van der Waals surface area contributed by atoms with E-state index in [4.69, 9.17) is 11.6 Å². The van der Waals surface area contributed by atoms with Gasteiger partial charge in [0.15, 0.2) is 0 Å². The number of sulfonamides is 1. The molecule has 0 aliphatic carbocycles. The molecule has 0 heterocycles. The molecule has 0 aliphatic heterocycles. The molecule has 0 radical (unpaired) electrons. The molecular weight excluding hydrogens is 447 g/mol. The summed E-state index contributed by atoms with van der Waals surface area (Å²) in [7, 11) is -3.91. The molecule has 0 spiro atoms. The second kappa shape index (κ2) is 8.94. The minimum atomic E-state index is -3.91. The van der Waals surface area contributed by atoms with E-state index in [-0.39, 0.29) is 35.4 Å². The maximum atomic E-state index is 12.9. The number of hydrogen-bond acceptors (Lipinski definition) is 3. The molecule has 1 N–H and O–H groups in total. The second-order valence-corrected chi connectivity index (χ2v) is 8.64. The highest BCUT2D eigenvalue weighted by Crippen LogP contribution is 2.27. The Labute approximate surface area is 165 Å². The normalized spacial score (nSPS) is 11.6. The number of amides is 1. The zero-order valence-corrected chi connectivity index (χ0v) is 17.0. The molecule has 0 saturated carbocycles. The summed E-state index contributed by atoms with van der Waals surface area (Å²) < 4.78 is 40.1. The molecule has 2 rings (SSSR count). The maximum absolute atomic E-state index is 12.9. The third kappa shape index (κ3) is 5.26. The standard InChI is InChI=1S/C17H17BrClFN2O3S/c1-2-22(26(24,25)16-8-5-13(18)9-15(16)19)11-17(23)21-10-12-3-6-14(20)7-4-12/h3-9H,2,10-11H2,1H3,(H,21,23). The number of halogens is 3. The van der Waals surface area contributed by atoms with E-state index in [1.165, 1.54) is 24.3 Å².